The highest BCUT2D eigenvalue weighted by molar-refractivity contribution is 7.16. The van der Waals surface area contributed by atoms with Gasteiger partial charge in [-0.25, -0.2) is 4.98 Å². The molecule has 178 valence electrons. The Morgan fingerprint density at radius 2 is 1.92 bits per heavy atom. The molecule has 6 rings (SSSR count). The summed E-state index contributed by atoms with van der Waals surface area (Å²) in [6, 6.07) is 12.6. The molecule has 7 nitrogen and oxygen atoms in total. The van der Waals surface area contributed by atoms with Crippen molar-refractivity contribution >= 4 is 38.8 Å². The lowest BCUT2D eigenvalue weighted by Gasteiger charge is -2.05. The molecular formula is C28H25N7S. The van der Waals surface area contributed by atoms with Crippen LogP contribution >= 0.6 is 11.3 Å². The number of aromatic nitrogens is 6. The summed E-state index contributed by atoms with van der Waals surface area (Å²) >= 11 is 1.71. The maximum absolute atomic E-state index is 4.70. The van der Waals surface area contributed by atoms with Gasteiger partial charge < -0.3 is 10.3 Å². The number of nitrogens with zero attached hydrogens (tertiary/aromatic N) is 4. The molecule has 0 aliphatic heterocycles. The van der Waals surface area contributed by atoms with E-state index in [-0.39, 0.29) is 0 Å². The van der Waals surface area contributed by atoms with Crippen LogP contribution in [0.25, 0.3) is 60.6 Å². The van der Waals surface area contributed by atoms with Crippen molar-refractivity contribution in [1.82, 2.24) is 35.5 Å². The Hall–Kier alpha value is -4.14. The molecule has 0 aliphatic carbocycles. The van der Waals surface area contributed by atoms with Gasteiger partial charge in [0.2, 0.25) is 0 Å². The van der Waals surface area contributed by atoms with E-state index in [0.29, 0.717) is 5.65 Å². The quantitative estimate of drug-likeness (QED) is 0.239. The topological polar surface area (TPSA) is 95.2 Å². The third-order valence-electron chi connectivity index (χ3n) is 6.19. The van der Waals surface area contributed by atoms with Crippen LogP contribution in [0.1, 0.15) is 24.3 Å². The number of rotatable bonds is 7. The molecule has 3 N–H and O–H groups in total. The fraction of sp³-hybridized carbons (Fsp3) is 0.143. The van der Waals surface area contributed by atoms with E-state index >= 15 is 0 Å². The van der Waals surface area contributed by atoms with Crippen molar-refractivity contribution in [2.75, 3.05) is 6.54 Å². The predicted octanol–water partition coefficient (Wildman–Crippen LogP) is 6.43. The number of H-pyrrole nitrogens is 2. The van der Waals surface area contributed by atoms with Gasteiger partial charge in [0, 0.05) is 63.6 Å². The lowest BCUT2D eigenvalue weighted by atomic mass is 10.1. The average Bonchev–Trinajstić information content (AvgIpc) is 3.64. The Balaban J connectivity index is 1.42. The van der Waals surface area contributed by atoms with Crippen LogP contribution in [0.15, 0.2) is 67.8 Å². The molecule has 0 aromatic carbocycles. The van der Waals surface area contributed by atoms with Gasteiger partial charge in [0.1, 0.15) is 0 Å². The molecule has 6 heterocycles. The maximum Gasteiger partial charge on any atom is 0.181 e. The molecule has 0 atom stereocenters. The molecule has 6 aromatic rings. The first-order chi connectivity index (χ1) is 17.6. The van der Waals surface area contributed by atoms with Crippen LogP contribution in [-0.4, -0.2) is 36.7 Å². The van der Waals surface area contributed by atoms with Crippen LogP contribution in [0.4, 0.5) is 0 Å². The zero-order valence-corrected chi connectivity index (χ0v) is 20.9. The molecule has 0 aliphatic rings. The fourth-order valence-corrected chi connectivity index (χ4v) is 5.30. The van der Waals surface area contributed by atoms with Gasteiger partial charge in [0.15, 0.2) is 5.65 Å². The second-order valence-corrected chi connectivity index (χ2v) is 9.89. The van der Waals surface area contributed by atoms with Crippen molar-refractivity contribution in [2.45, 2.75) is 20.4 Å². The zero-order valence-electron chi connectivity index (χ0n) is 20.1. The van der Waals surface area contributed by atoms with Gasteiger partial charge in [-0.2, -0.15) is 5.10 Å². The van der Waals surface area contributed by atoms with E-state index in [9.17, 15) is 0 Å². The van der Waals surface area contributed by atoms with Crippen LogP contribution in [0.2, 0.25) is 0 Å². The summed E-state index contributed by atoms with van der Waals surface area (Å²) in [5.41, 5.74) is 8.71. The summed E-state index contributed by atoms with van der Waals surface area (Å²) in [4.78, 5) is 19.6. The van der Waals surface area contributed by atoms with Crippen molar-refractivity contribution in [3.63, 3.8) is 0 Å². The Morgan fingerprint density at radius 1 is 1.03 bits per heavy atom. The predicted molar refractivity (Wildman–Crippen MR) is 148 cm³/mol. The summed E-state index contributed by atoms with van der Waals surface area (Å²) in [6.45, 7) is 9.89. The minimum absolute atomic E-state index is 0.673. The summed E-state index contributed by atoms with van der Waals surface area (Å²) in [7, 11) is 0. The van der Waals surface area contributed by atoms with Gasteiger partial charge in [0.25, 0.3) is 0 Å². The van der Waals surface area contributed by atoms with Crippen molar-refractivity contribution in [3.8, 4) is 33.1 Å². The largest absolute Gasteiger partial charge is 0.353 e. The average molecular weight is 492 g/mol. The molecule has 0 fully saturated rings. The number of allylic oxidation sites excluding steroid dienone is 1. The van der Waals surface area contributed by atoms with Gasteiger partial charge in [0.05, 0.1) is 22.0 Å². The Morgan fingerprint density at radius 3 is 2.75 bits per heavy atom. The number of thiophene rings is 1. The Bertz CT molecular complexity index is 1720. The minimum atomic E-state index is 0.673. The van der Waals surface area contributed by atoms with Crippen molar-refractivity contribution in [2.24, 2.45) is 0 Å². The van der Waals surface area contributed by atoms with Crippen molar-refractivity contribution in [1.29, 1.82) is 0 Å². The maximum atomic E-state index is 4.70. The van der Waals surface area contributed by atoms with E-state index < -0.39 is 0 Å². The summed E-state index contributed by atoms with van der Waals surface area (Å²) < 4.78 is 0. The molecule has 8 heteroatoms. The third-order valence-corrected chi connectivity index (χ3v) is 7.45. The van der Waals surface area contributed by atoms with Gasteiger partial charge in [-0.05, 0) is 61.0 Å². The summed E-state index contributed by atoms with van der Waals surface area (Å²) in [5.74, 6) is 0. The highest BCUT2D eigenvalue weighted by Crippen LogP contribution is 2.37. The van der Waals surface area contributed by atoms with Gasteiger partial charge in [-0.3, -0.25) is 15.1 Å². The molecule has 0 radical (unpaired) electrons. The molecule has 0 bridgehead atoms. The van der Waals surface area contributed by atoms with E-state index in [1.807, 2.05) is 37.8 Å². The number of hydrogen-bond donors (Lipinski definition) is 3. The molecule has 0 saturated heterocycles. The van der Waals surface area contributed by atoms with E-state index in [1.54, 1.807) is 11.3 Å². The standard InChI is InChI=1S/C28H25N7S/c1-4-29-12-17-9-18(14-30-13-17)19-10-21-26(34-35-28(21)32-15-19)23-11-20-22(33-23)7-8-31-27(20)25-6-5-24(36-25)16(2)3/h5-11,13-15,29,33H,2,4,12H2,1,3H3,(H,32,34,35). The minimum Gasteiger partial charge on any atom is -0.353 e. The number of fused-ring (bicyclic) bond motifs is 2. The molecule has 0 amide bonds. The van der Waals surface area contributed by atoms with Crippen LogP contribution < -0.4 is 5.32 Å². The van der Waals surface area contributed by atoms with Gasteiger partial charge in [-0.15, -0.1) is 11.3 Å². The number of hydrogen-bond acceptors (Lipinski definition) is 6. The zero-order chi connectivity index (χ0) is 24.6. The van der Waals surface area contributed by atoms with Crippen LogP contribution in [0.5, 0.6) is 0 Å². The second-order valence-electron chi connectivity index (χ2n) is 8.80. The highest BCUT2D eigenvalue weighted by atomic mass is 32.1. The first-order valence-electron chi connectivity index (χ1n) is 11.8. The second kappa shape index (κ2) is 9.14. The molecule has 0 saturated carbocycles. The van der Waals surface area contributed by atoms with Crippen molar-refractivity contribution < 1.29 is 0 Å². The third kappa shape index (κ3) is 4.00. The molecule has 6 aromatic heterocycles. The van der Waals surface area contributed by atoms with E-state index in [4.69, 9.17) is 4.98 Å². The Labute approximate surface area is 212 Å². The monoisotopic (exact) mass is 491 g/mol. The Kier molecular flexibility index (Phi) is 5.67. The first-order valence-corrected chi connectivity index (χ1v) is 12.7. The molecule has 36 heavy (non-hydrogen) atoms. The smallest absolute Gasteiger partial charge is 0.181 e. The highest BCUT2D eigenvalue weighted by Gasteiger charge is 2.16. The first kappa shape index (κ1) is 22.3. The van der Waals surface area contributed by atoms with E-state index in [1.165, 1.54) is 4.88 Å². The number of pyridine rings is 3. The molecule has 0 unspecified atom stereocenters. The lowest BCUT2D eigenvalue weighted by Crippen LogP contribution is -2.11. The molecule has 0 spiro atoms. The van der Waals surface area contributed by atoms with Gasteiger partial charge >= 0.3 is 0 Å². The van der Waals surface area contributed by atoms with Crippen molar-refractivity contribution in [3.05, 3.63) is 78.2 Å². The van der Waals surface area contributed by atoms with Crippen LogP contribution in [0, 0.1) is 0 Å². The number of aromatic amines is 2. The fourth-order valence-electron chi connectivity index (χ4n) is 4.35. The van der Waals surface area contributed by atoms with Gasteiger partial charge in [-0.1, -0.05) is 13.5 Å². The normalized spacial score (nSPS) is 11.5. The van der Waals surface area contributed by atoms with Crippen LogP contribution in [-0.2, 0) is 6.54 Å². The SMILES string of the molecule is C=C(C)c1ccc(-c2nccc3[nH]c(-c4[nH]nc5ncc(-c6cncc(CNCC)c6)cc45)cc23)s1. The summed E-state index contributed by atoms with van der Waals surface area (Å²) in [5, 5.41) is 13.0. The summed E-state index contributed by atoms with van der Waals surface area (Å²) in [6.07, 6.45) is 7.46. The molecular weight excluding hydrogens is 466 g/mol. The van der Waals surface area contributed by atoms with E-state index in [2.05, 4.69) is 74.3 Å². The lowest BCUT2D eigenvalue weighted by molar-refractivity contribution is 0.724. The van der Waals surface area contributed by atoms with E-state index in [0.717, 1.165) is 73.6 Å². The van der Waals surface area contributed by atoms with Crippen LogP contribution in [0.3, 0.4) is 0 Å². The number of nitrogens with one attached hydrogen (secondary N) is 3.